The van der Waals surface area contributed by atoms with E-state index in [2.05, 4.69) is 33.3 Å². The third-order valence-electron chi connectivity index (χ3n) is 3.55. The molecule has 0 saturated heterocycles. The predicted octanol–water partition coefficient (Wildman–Crippen LogP) is 6.34. The molecule has 2 nitrogen and oxygen atoms in total. The standard InChI is InChI=1S/C12H20S.C6H4N2S/c1-2-3-4-5-6-7-8-12-9-10-13-11-12;1-2-4-6-5(3-1)7-8-9-6/h9-11H,2-8H2,1H3;1-4H. The van der Waals surface area contributed by atoms with E-state index in [4.69, 9.17) is 0 Å². The monoisotopic (exact) mass is 332 g/mol. The summed E-state index contributed by atoms with van der Waals surface area (Å²) in [6.07, 6.45) is 9.70. The highest BCUT2D eigenvalue weighted by Gasteiger charge is 1.93. The molecule has 0 amide bonds. The van der Waals surface area contributed by atoms with Crippen molar-refractivity contribution in [1.82, 2.24) is 9.59 Å². The van der Waals surface area contributed by atoms with Gasteiger partial charge in [0.05, 0.1) is 4.70 Å². The molecule has 0 aliphatic carbocycles. The van der Waals surface area contributed by atoms with E-state index in [1.54, 1.807) is 0 Å². The van der Waals surface area contributed by atoms with Crippen molar-refractivity contribution in [2.75, 3.05) is 0 Å². The molecular formula is C18H24N2S2. The van der Waals surface area contributed by atoms with Crippen LogP contribution in [0.2, 0.25) is 0 Å². The molecule has 0 N–H and O–H groups in total. The fraction of sp³-hybridized carbons (Fsp3) is 0.444. The molecule has 0 saturated carbocycles. The summed E-state index contributed by atoms with van der Waals surface area (Å²) in [5.74, 6) is 0. The van der Waals surface area contributed by atoms with Gasteiger partial charge in [0.25, 0.3) is 0 Å². The van der Waals surface area contributed by atoms with Crippen LogP contribution in [-0.4, -0.2) is 9.59 Å². The van der Waals surface area contributed by atoms with Gasteiger partial charge >= 0.3 is 0 Å². The van der Waals surface area contributed by atoms with Crippen LogP contribution < -0.4 is 0 Å². The van der Waals surface area contributed by atoms with E-state index in [9.17, 15) is 0 Å². The van der Waals surface area contributed by atoms with Crippen LogP contribution in [0.4, 0.5) is 0 Å². The average molecular weight is 333 g/mol. The molecule has 3 aromatic rings. The summed E-state index contributed by atoms with van der Waals surface area (Å²) in [4.78, 5) is 0. The van der Waals surface area contributed by atoms with Crippen LogP contribution in [0.1, 0.15) is 51.0 Å². The second-order valence-corrected chi connectivity index (χ2v) is 6.96. The van der Waals surface area contributed by atoms with Gasteiger partial charge in [-0.05, 0) is 58.9 Å². The molecule has 0 radical (unpaired) electrons. The second kappa shape index (κ2) is 10.5. The molecular weight excluding hydrogens is 308 g/mol. The molecule has 2 aromatic heterocycles. The van der Waals surface area contributed by atoms with Crippen LogP contribution >= 0.6 is 22.9 Å². The maximum atomic E-state index is 3.89. The first-order valence-electron chi connectivity index (χ1n) is 8.08. The predicted molar refractivity (Wildman–Crippen MR) is 98.8 cm³/mol. The smallest absolute Gasteiger partial charge is 0.105 e. The third kappa shape index (κ3) is 6.24. The fourth-order valence-electron chi connectivity index (χ4n) is 2.27. The number of unbranched alkanes of at least 4 members (excludes halogenated alkanes) is 5. The molecule has 0 bridgehead atoms. The molecule has 3 rings (SSSR count). The molecule has 0 atom stereocenters. The Balaban J connectivity index is 0.000000170. The Labute approximate surface area is 141 Å². The molecule has 0 unspecified atom stereocenters. The van der Waals surface area contributed by atoms with E-state index in [1.165, 1.54) is 62.0 Å². The number of nitrogens with zero attached hydrogens (tertiary/aromatic N) is 2. The van der Waals surface area contributed by atoms with Gasteiger partial charge in [0.15, 0.2) is 0 Å². The van der Waals surface area contributed by atoms with Gasteiger partial charge < -0.3 is 0 Å². The summed E-state index contributed by atoms with van der Waals surface area (Å²) in [5, 5.41) is 8.33. The second-order valence-electron chi connectivity index (χ2n) is 5.39. The van der Waals surface area contributed by atoms with E-state index in [-0.39, 0.29) is 0 Å². The number of hydrogen-bond donors (Lipinski definition) is 0. The zero-order valence-electron chi connectivity index (χ0n) is 13.2. The molecule has 0 fully saturated rings. The van der Waals surface area contributed by atoms with Gasteiger partial charge in [0, 0.05) is 0 Å². The quantitative estimate of drug-likeness (QED) is 0.472. The average Bonchev–Trinajstić information content (AvgIpc) is 3.22. The lowest BCUT2D eigenvalue weighted by Crippen LogP contribution is -1.83. The van der Waals surface area contributed by atoms with E-state index in [0.29, 0.717) is 0 Å². The van der Waals surface area contributed by atoms with Crippen molar-refractivity contribution in [3.8, 4) is 0 Å². The fourth-order valence-corrected chi connectivity index (χ4v) is 3.53. The van der Waals surface area contributed by atoms with Crippen molar-refractivity contribution in [1.29, 1.82) is 0 Å². The zero-order valence-corrected chi connectivity index (χ0v) is 14.8. The largest absolute Gasteiger partial charge is 0.152 e. The van der Waals surface area contributed by atoms with Crippen molar-refractivity contribution < 1.29 is 0 Å². The SMILES string of the molecule is CCCCCCCCc1ccsc1.c1ccc2snnc2c1. The number of aromatic nitrogens is 2. The molecule has 22 heavy (non-hydrogen) atoms. The number of fused-ring (bicyclic) bond motifs is 1. The highest BCUT2D eigenvalue weighted by Crippen LogP contribution is 2.13. The van der Waals surface area contributed by atoms with Crippen molar-refractivity contribution in [3.63, 3.8) is 0 Å². The first-order valence-corrected chi connectivity index (χ1v) is 9.80. The van der Waals surface area contributed by atoms with Gasteiger partial charge in [0.2, 0.25) is 0 Å². The van der Waals surface area contributed by atoms with Gasteiger partial charge in [0.1, 0.15) is 5.52 Å². The Morgan fingerprint density at radius 2 is 1.77 bits per heavy atom. The Morgan fingerprint density at radius 1 is 0.955 bits per heavy atom. The summed E-state index contributed by atoms with van der Waals surface area (Å²) >= 11 is 3.24. The Kier molecular flexibility index (Phi) is 8.13. The molecule has 2 heterocycles. The number of aryl methyl sites for hydroxylation is 1. The molecule has 1 aromatic carbocycles. The van der Waals surface area contributed by atoms with Crippen molar-refractivity contribution in [2.45, 2.75) is 51.9 Å². The minimum Gasteiger partial charge on any atom is -0.152 e. The summed E-state index contributed by atoms with van der Waals surface area (Å²) in [6, 6.07) is 10.2. The van der Waals surface area contributed by atoms with Crippen LogP contribution in [-0.2, 0) is 6.42 Å². The highest BCUT2D eigenvalue weighted by atomic mass is 32.1. The van der Waals surface area contributed by atoms with E-state index >= 15 is 0 Å². The minimum atomic E-state index is 0.988. The normalized spacial score (nSPS) is 10.4. The topological polar surface area (TPSA) is 25.8 Å². The Hall–Kier alpha value is -1.26. The van der Waals surface area contributed by atoms with Crippen molar-refractivity contribution >= 4 is 33.1 Å². The van der Waals surface area contributed by atoms with Gasteiger partial charge in [-0.1, -0.05) is 55.6 Å². The lowest BCUT2D eigenvalue weighted by molar-refractivity contribution is 0.608. The first-order chi connectivity index (χ1) is 10.9. The lowest BCUT2D eigenvalue weighted by Gasteiger charge is -1.99. The number of thiophene rings is 1. The zero-order chi connectivity index (χ0) is 15.5. The Morgan fingerprint density at radius 3 is 2.55 bits per heavy atom. The summed E-state index contributed by atoms with van der Waals surface area (Å²) in [6.45, 7) is 2.27. The molecule has 0 aliphatic rings. The maximum absolute atomic E-state index is 3.89. The summed E-state index contributed by atoms with van der Waals surface area (Å²) < 4.78 is 4.94. The summed E-state index contributed by atoms with van der Waals surface area (Å²) in [7, 11) is 0. The first kappa shape index (κ1) is 17.1. The van der Waals surface area contributed by atoms with Crippen molar-refractivity contribution in [2.24, 2.45) is 0 Å². The van der Waals surface area contributed by atoms with Crippen molar-refractivity contribution in [3.05, 3.63) is 46.7 Å². The highest BCUT2D eigenvalue weighted by molar-refractivity contribution is 7.12. The number of benzene rings is 1. The lowest BCUT2D eigenvalue weighted by atomic mass is 10.1. The van der Waals surface area contributed by atoms with E-state index in [1.807, 2.05) is 35.6 Å². The number of hydrogen-bond acceptors (Lipinski definition) is 4. The van der Waals surface area contributed by atoms with Gasteiger partial charge in [-0.3, -0.25) is 0 Å². The van der Waals surface area contributed by atoms with Crippen LogP contribution in [0, 0.1) is 0 Å². The van der Waals surface area contributed by atoms with E-state index < -0.39 is 0 Å². The van der Waals surface area contributed by atoms with Gasteiger partial charge in [-0.2, -0.15) is 11.3 Å². The van der Waals surface area contributed by atoms with Crippen LogP contribution in [0.25, 0.3) is 10.2 Å². The minimum absolute atomic E-state index is 0.988. The van der Waals surface area contributed by atoms with Crippen LogP contribution in [0.3, 0.4) is 0 Å². The van der Waals surface area contributed by atoms with Gasteiger partial charge in [-0.15, -0.1) is 5.10 Å². The van der Waals surface area contributed by atoms with E-state index in [0.717, 1.165) is 10.2 Å². The summed E-state index contributed by atoms with van der Waals surface area (Å²) in [5.41, 5.74) is 2.52. The third-order valence-corrected chi connectivity index (χ3v) is 4.99. The Bertz CT molecular complexity index is 587. The van der Waals surface area contributed by atoms with Gasteiger partial charge in [-0.25, -0.2) is 0 Å². The van der Waals surface area contributed by atoms with Crippen LogP contribution in [0.15, 0.2) is 41.1 Å². The number of rotatable bonds is 7. The van der Waals surface area contributed by atoms with Crippen LogP contribution in [0.5, 0.6) is 0 Å². The maximum Gasteiger partial charge on any atom is 0.105 e. The molecule has 0 spiro atoms. The molecule has 118 valence electrons. The molecule has 4 heteroatoms. The molecule has 0 aliphatic heterocycles.